The summed E-state index contributed by atoms with van der Waals surface area (Å²) in [5.74, 6) is 0. The molecule has 0 aliphatic carbocycles. The minimum absolute atomic E-state index is 0.882. The molecule has 0 unspecified atom stereocenters. The second-order valence-corrected chi connectivity index (χ2v) is 4.84. The summed E-state index contributed by atoms with van der Waals surface area (Å²) in [6.45, 7) is 9.15. The van der Waals surface area contributed by atoms with E-state index in [9.17, 15) is 0 Å². The Morgan fingerprint density at radius 3 is 2.82 bits per heavy atom. The van der Waals surface area contributed by atoms with Gasteiger partial charge in [-0.3, -0.25) is 4.90 Å². The zero-order valence-corrected chi connectivity index (χ0v) is 10.9. The molecule has 17 heavy (non-hydrogen) atoms. The molecule has 0 atom stereocenters. The third-order valence-electron chi connectivity index (χ3n) is 3.13. The van der Waals surface area contributed by atoms with Crippen molar-refractivity contribution >= 4 is 0 Å². The minimum atomic E-state index is 0.882. The van der Waals surface area contributed by atoms with Gasteiger partial charge in [-0.2, -0.15) is 0 Å². The third kappa shape index (κ3) is 4.06. The lowest BCUT2D eigenvalue weighted by Gasteiger charge is -2.28. The lowest BCUT2D eigenvalue weighted by molar-refractivity contribution is 0.0386. The second-order valence-electron chi connectivity index (χ2n) is 4.84. The van der Waals surface area contributed by atoms with Crippen LogP contribution in [0.1, 0.15) is 6.92 Å². The summed E-state index contributed by atoms with van der Waals surface area (Å²) in [6, 6.07) is 0. The Balaban J connectivity index is 1.69. The molecule has 0 saturated carbocycles. The van der Waals surface area contributed by atoms with Gasteiger partial charge in [0.1, 0.15) is 0 Å². The first-order chi connectivity index (χ1) is 8.24. The maximum atomic E-state index is 5.34. The van der Waals surface area contributed by atoms with Gasteiger partial charge in [-0.25, -0.2) is 0 Å². The average Bonchev–Trinajstić information content (AvgIpc) is 2.29. The van der Waals surface area contributed by atoms with Gasteiger partial charge in [0.2, 0.25) is 0 Å². The predicted octanol–water partition coefficient (Wildman–Crippen LogP) is 0.641. The van der Waals surface area contributed by atoms with Crippen LogP contribution in [0, 0.1) is 0 Å². The number of morpholine rings is 1. The first-order valence-electron chi connectivity index (χ1n) is 6.37. The van der Waals surface area contributed by atoms with Gasteiger partial charge in [0.05, 0.1) is 19.8 Å². The Morgan fingerprint density at radius 2 is 2.12 bits per heavy atom. The van der Waals surface area contributed by atoms with E-state index in [2.05, 4.69) is 41.4 Å². The van der Waals surface area contributed by atoms with Crippen molar-refractivity contribution in [3.8, 4) is 0 Å². The van der Waals surface area contributed by atoms with E-state index in [0.29, 0.717) is 0 Å². The molecular weight excluding hydrogens is 214 g/mol. The zero-order chi connectivity index (χ0) is 12.1. The summed E-state index contributed by atoms with van der Waals surface area (Å²) < 4.78 is 5.34. The van der Waals surface area contributed by atoms with Crippen LogP contribution in [0.3, 0.4) is 0 Å². The van der Waals surface area contributed by atoms with E-state index in [1.165, 1.54) is 11.3 Å². The number of allylic oxidation sites excluding steroid dienone is 2. The molecular formula is C13H23N3O. The minimum Gasteiger partial charge on any atom is -0.386 e. The van der Waals surface area contributed by atoms with Crippen LogP contribution in [0.4, 0.5) is 0 Å². The molecule has 2 aliphatic heterocycles. The van der Waals surface area contributed by atoms with Crippen molar-refractivity contribution in [2.45, 2.75) is 6.92 Å². The fourth-order valence-electron chi connectivity index (χ4n) is 2.33. The largest absolute Gasteiger partial charge is 0.386 e. The molecule has 96 valence electrons. The normalized spacial score (nSPS) is 22.1. The van der Waals surface area contributed by atoms with E-state index in [0.717, 1.165) is 45.9 Å². The fraction of sp³-hybridized carbons (Fsp3) is 0.692. The van der Waals surface area contributed by atoms with E-state index in [1.807, 2.05) is 0 Å². The average molecular weight is 237 g/mol. The molecule has 1 fully saturated rings. The highest BCUT2D eigenvalue weighted by molar-refractivity contribution is 5.25. The van der Waals surface area contributed by atoms with E-state index < -0.39 is 0 Å². The van der Waals surface area contributed by atoms with Crippen LogP contribution in [-0.4, -0.2) is 62.8 Å². The van der Waals surface area contributed by atoms with Gasteiger partial charge in [-0.05, 0) is 18.6 Å². The molecule has 0 aromatic carbocycles. The molecule has 2 aliphatic rings. The van der Waals surface area contributed by atoms with Crippen molar-refractivity contribution in [2.24, 2.45) is 0 Å². The summed E-state index contributed by atoms with van der Waals surface area (Å²) in [6.07, 6.45) is 4.41. The highest BCUT2D eigenvalue weighted by Gasteiger charge is 2.10. The number of hydrogen-bond donors (Lipinski definition) is 1. The summed E-state index contributed by atoms with van der Waals surface area (Å²) in [7, 11) is 2.11. The lowest BCUT2D eigenvalue weighted by Crippen LogP contribution is -2.40. The topological polar surface area (TPSA) is 27.7 Å². The number of hydrogen-bond acceptors (Lipinski definition) is 4. The van der Waals surface area contributed by atoms with Crippen LogP contribution >= 0.6 is 0 Å². The van der Waals surface area contributed by atoms with Gasteiger partial charge >= 0.3 is 0 Å². The summed E-state index contributed by atoms with van der Waals surface area (Å²) in [5, 5.41) is 3.53. The van der Waals surface area contributed by atoms with Crippen LogP contribution in [0.25, 0.3) is 0 Å². The Kier molecular flexibility index (Phi) is 4.45. The van der Waals surface area contributed by atoms with Crippen molar-refractivity contribution in [2.75, 3.05) is 53.0 Å². The SMILES string of the molecule is CC1=CN(C)CC(NCCN2CCOCC2)=C1. The van der Waals surface area contributed by atoms with Gasteiger partial charge in [0.15, 0.2) is 0 Å². The standard InChI is InChI=1S/C13H23N3O/c1-12-9-13(11-15(2)10-12)14-3-4-16-5-7-17-8-6-16/h9-10,14H,3-8,11H2,1-2H3. The molecule has 0 aromatic rings. The number of rotatable bonds is 4. The quantitative estimate of drug-likeness (QED) is 0.776. The predicted molar refractivity (Wildman–Crippen MR) is 69.7 cm³/mol. The van der Waals surface area contributed by atoms with Gasteiger partial charge < -0.3 is 15.0 Å². The van der Waals surface area contributed by atoms with Crippen LogP contribution in [-0.2, 0) is 4.74 Å². The lowest BCUT2D eigenvalue weighted by atomic mass is 10.2. The number of nitrogens with one attached hydrogen (secondary N) is 1. The Labute approximate surface area is 104 Å². The van der Waals surface area contributed by atoms with Crippen molar-refractivity contribution in [1.82, 2.24) is 15.1 Å². The zero-order valence-electron chi connectivity index (χ0n) is 10.9. The third-order valence-corrected chi connectivity index (χ3v) is 3.13. The van der Waals surface area contributed by atoms with E-state index in [1.54, 1.807) is 0 Å². The Morgan fingerprint density at radius 1 is 1.35 bits per heavy atom. The highest BCUT2D eigenvalue weighted by atomic mass is 16.5. The van der Waals surface area contributed by atoms with Crippen LogP contribution in [0.2, 0.25) is 0 Å². The Hall–Kier alpha value is -1.00. The van der Waals surface area contributed by atoms with E-state index in [4.69, 9.17) is 4.74 Å². The first-order valence-corrected chi connectivity index (χ1v) is 6.37. The fourth-order valence-corrected chi connectivity index (χ4v) is 2.33. The molecule has 2 heterocycles. The number of likely N-dealkylation sites (N-methyl/N-ethyl adjacent to an activating group) is 1. The highest BCUT2D eigenvalue weighted by Crippen LogP contribution is 2.09. The molecule has 1 saturated heterocycles. The number of nitrogens with zero attached hydrogens (tertiary/aromatic N) is 2. The molecule has 4 nitrogen and oxygen atoms in total. The molecule has 0 aromatic heterocycles. The smallest absolute Gasteiger partial charge is 0.0594 e. The summed E-state index contributed by atoms with van der Waals surface area (Å²) in [4.78, 5) is 4.67. The van der Waals surface area contributed by atoms with Crippen molar-refractivity contribution in [3.05, 3.63) is 23.5 Å². The Bertz CT molecular complexity index is 306. The van der Waals surface area contributed by atoms with Gasteiger partial charge in [0.25, 0.3) is 0 Å². The molecule has 0 amide bonds. The van der Waals surface area contributed by atoms with Gasteiger partial charge in [-0.1, -0.05) is 0 Å². The first kappa shape index (κ1) is 12.5. The van der Waals surface area contributed by atoms with Crippen LogP contribution in [0.15, 0.2) is 23.5 Å². The second kappa shape index (κ2) is 6.07. The van der Waals surface area contributed by atoms with Crippen molar-refractivity contribution in [3.63, 3.8) is 0 Å². The number of ether oxygens (including phenoxy) is 1. The van der Waals surface area contributed by atoms with Crippen LogP contribution in [0.5, 0.6) is 0 Å². The molecule has 2 rings (SSSR count). The molecule has 1 N–H and O–H groups in total. The maximum absolute atomic E-state index is 5.34. The monoisotopic (exact) mass is 237 g/mol. The maximum Gasteiger partial charge on any atom is 0.0594 e. The molecule has 0 radical (unpaired) electrons. The molecule has 0 bridgehead atoms. The van der Waals surface area contributed by atoms with E-state index in [-0.39, 0.29) is 0 Å². The van der Waals surface area contributed by atoms with Gasteiger partial charge in [0, 0.05) is 45.1 Å². The molecule has 4 heteroatoms. The van der Waals surface area contributed by atoms with E-state index >= 15 is 0 Å². The van der Waals surface area contributed by atoms with Crippen molar-refractivity contribution in [1.29, 1.82) is 0 Å². The summed E-state index contributed by atoms with van der Waals surface area (Å²) in [5.41, 5.74) is 2.63. The summed E-state index contributed by atoms with van der Waals surface area (Å²) >= 11 is 0. The van der Waals surface area contributed by atoms with Gasteiger partial charge in [-0.15, -0.1) is 0 Å². The van der Waals surface area contributed by atoms with Crippen molar-refractivity contribution < 1.29 is 4.74 Å². The molecule has 0 spiro atoms. The van der Waals surface area contributed by atoms with Crippen LogP contribution < -0.4 is 5.32 Å².